The molecule has 140 valence electrons. The van der Waals surface area contributed by atoms with Crippen LogP contribution >= 0.6 is 23.4 Å². The van der Waals surface area contributed by atoms with E-state index in [-0.39, 0.29) is 18.1 Å². The van der Waals surface area contributed by atoms with Gasteiger partial charge in [0.05, 0.1) is 11.8 Å². The number of aromatic nitrogens is 1. The van der Waals surface area contributed by atoms with Crippen LogP contribution in [0.25, 0.3) is 11.3 Å². The van der Waals surface area contributed by atoms with Crippen molar-refractivity contribution in [2.75, 3.05) is 12.3 Å². The summed E-state index contributed by atoms with van der Waals surface area (Å²) in [5.41, 5.74) is 0.361. The Morgan fingerprint density at radius 2 is 1.96 bits per heavy atom. The van der Waals surface area contributed by atoms with Crippen molar-refractivity contribution < 1.29 is 13.6 Å². The van der Waals surface area contributed by atoms with Crippen molar-refractivity contribution in [2.45, 2.75) is 17.7 Å². The molecule has 27 heavy (non-hydrogen) atoms. The van der Waals surface area contributed by atoms with E-state index in [1.54, 1.807) is 30.0 Å². The molecule has 3 aromatic rings. The van der Waals surface area contributed by atoms with Crippen LogP contribution in [0.1, 0.15) is 12.3 Å². The number of amides is 1. The number of carbonyl (C=O) groups is 1. The van der Waals surface area contributed by atoms with Crippen molar-refractivity contribution in [3.8, 4) is 11.3 Å². The van der Waals surface area contributed by atoms with Crippen LogP contribution in [-0.4, -0.2) is 23.2 Å². The van der Waals surface area contributed by atoms with Crippen molar-refractivity contribution in [1.29, 1.82) is 0 Å². The van der Waals surface area contributed by atoms with Gasteiger partial charge in [-0.3, -0.25) is 4.79 Å². The zero-order valence-corrected chi connectivity index (χ0v) is 16.0. The largest absolute Gasteiger partial charge is 0.441 e. The monoisotopic (exact) mass is 404 g/mol. The van der Waals surface area contributed by atoms with Crippen LogP contribution in [0.2, 0.25) is 5.02 Å². The first kappa shape index (κ1) is 19.5. The lowest BCUT2D eigenvalue weighted by molar-refractivity contribution is -0.121. The molecular formula is C20H18ClFN2O2S. The van der Waals surface area contributed by atoms with Gasteiger partial charge in [0.15, 0.2) is 11.7 Å². The number of nitrogens with one attached hydrogen (secondary N) is 1. The molecule has 0 saturated heterocycles. The molecule has 0 aliphatic rings. The van der Waals surface area contributed by atoms with E-state index in [4.69, 9.17) is 16.0 Å². The molecule has 3 rings (SSSR count). The van der Waals surface area contributed by atoms with Crippen LogP contribution in [-0.2, 0) is 11.2 Å². The van der Waals surface area contributed by atoms with Gasteiger partial charge in [0.1, 0.15) is 5.82 Å². The van der Waals surface area contributed by atoms with Gasteiger partial charge in [-0.15, -0.1) is 11.8 Å². The minimum absolute atomic E-state index is 0.0719. The Hall–Kier alpha value is -2.31. The van der Waals surface area contributed by atoms with Crippen LogP contribution in [0.4, 0.5) is 4.39 Å². The molecule has 0 radical (unpaired) electrons. The number of hydrogen-bond acceptors (Lipinski definition) is 4. The molecule has 4 nitrogen and oxygen atoms in total. The van der Waals surface area contributed by atoms with Crippen molar-refractivity contribution in [2.24, 2.45) is 0 Å². The fraction of sp³-hybridized carbons (Fsp3) is 0.200. The number of nitrogens with zero attached hydrogens (tertiary/aromatic N) is 1. The SMILES string of the molecule is O=C(CCc1ncc(-c2ccccc2F)o1)NCCSc1ccc(Cl)cc1. The predicted octanol–water partition coefficient (Wildman–Crippen LogP) is 4.98. The van der Waals surface area contributed by atoms with Crippen LogP contribution in [0, 0.1) is 5.82 Å². The Morgan fingerprint density at radius 3 is 2.74 bits per heavy atom. The second-order valence-electron chi connectivity index (χ2n) is 5.75. The number of hydrogen-bond donors (Lipinski definition) is 1. The fourth-order valence-corrected chi connectivity index (χ4v) is 3.30. The summed E-state index contributed by atoms with van der Waals surface area (Å²) in [6.07, 6.45) is 2.11. The number of aryl methyl sites for hydroxylation is 1. The molecule has 1 amide bonds. The average molecular weight is 405 g/mol. The summed E-state index contributed by atoms with van der Waals surface area (Å²) in [7, 11) is 0. The number of oxazole rings is 1. The maximum Gasteiger partial charge on any atom is 0.220 e. The highest BCUT2D eigenvalue weighted by molar-refractivity contribution is 7.99. The fourth-order valence-electron chi connectivity index (χ4n) is 2.41. The maximum atomic E-state index is 13.8. The van der Waals surface area contributed by atoms with Gasteiger partial charge in [-0.25, -0.2) is 9.37 Å². The summed E-state index contributed by atoms with van der Waals surface area (Å²) in [5, 5.41) is 3.57. The van der Waals surface area contributed by atoms with Crippen LogP contribution < -0.4 is 5.32 Å². The quantitative estimate of drug-likeness (QED) is 0.425. The summed E-state index contributed by atoms with van der Waals surface area (Å²) in [6, 6.07) is 13.9. The van der Waals surface area contributed by atoms with E-state index >= 15 is 0 Å². The van der Waals surface area contributed by atoms with E-state index in [9.17, 15) is 9.18 Å². The van der Waals surface area contributed by atoms with Crippen molar-refractivity contribution >= 4 is 29.3 Å². The second-order valence-corrected chi connectivity index (χ2v) is 7.36. The van der Waals surface area contributed by atoms with Crippen molar-refractivity contribution in [1.82, 2.24) is 10.3 Å². The Labute approximate surface area is 166 Å². The number of benzene rings is 2. The highest BCUT2D eigenvalue weighted by Gasteiger charge is 2.11. The molecule has 0 unspecified atom stereocenters. The molecule has 0 spiro atoms. The van der Waals surface area contributed by atoms with Crippen LogP contribution in [0.3, 0.4) is 0 Å². The first-order chi connectivity index (χ1) is 13.1. The molecular weight excluding hydrogens is 387 g/mol. The summed E-state index contributed by atoms with van der Waals surface area (Å²) >= 11 is 7.49. The van der Waals surface area contributed by atoms with E-state index in [0.29, 0.717) is 35.2 Å². The Bertz CT molecular complexity index is 899. The van der Waals surface area contributed by atoms with E-state index in [1.807, 2.05) is 24.3 Å². The summed E-state index contributed by atoms with van der Waals surface area (Å²) < 4.78 is 19.3. The van der Waals surface area contributed by atoms with Gasteiger partial charge in [-0.1, -0.05) is 23.7 Å². The molecule has 0 bridgehead atoms. The first-order valence-electron chi connectivity index (χ1n) is 8.46. The van der Waals surface area contributed by atoms with Gasteiger partial charge in [-0.2, -0.15) is 0 Å². The molecule has 0 atom stereocenters. The lowest BCUT2D eigenvalue weighted by atomic mass is 10.2. The van der Waals surface area contributed by atoms with Crippen LogP contribution in [0.5, 0.6) is 0 Å². The second kappa shape index (κ2) is 9.58. The Balaban J connectivity index is 1.39. The number of thioether (sulfide) groups is 1. The van der Waals surface area contributed by atoms with Gasteiger partial charge in [-0.05, 0) is 36.4 Å². The Kier molecular flexibility index (Phi) is 6.90. The topological polar surface area (TPSA) is 55.1 Å². The first-order valence-corrected chi connectivity index (χ1v) is 9.83. The average Bonchev–Trinajstić information content (AvgIpc) is 3.14. The Morgan fingerprint density at radius 1 is 1.19 bits per heavy atom. The third-order valence-electron chi connectivity index (χ3n) is 3.77. The third-order valence-corrected chi connectivity index (χ3v) is 5.03. The molecule has 7 heteroatoms. The van der Waals surface area contributed by atoms with Gasteiger partial charge < -0.3 is 9.73 Å². The van der Waals surface area contributed by atoms with E-state index in [0.717, 1.165) is 10.6 Å². The summed E-state index contributed by atoms with van der Waals surface area (Å²) in [4.78, 5) is 17.2. The third kappa shape index (κ3) is 5.84. The van der Waals surface area contributed by atoms with E-state index < -0.39 is 0 Å². The van der Waals surface area contributed by atoms with Gasteiger partial charge >= 0.3 is 0 Å². The molecule has 0 saturated carbocycles. The number of carbonyl (C=O) groups excluding carboxylic acids is 1. The highest BCUT2D eigenvalue weighted by Crippen LogP contribution is 2.23. The summed E-state index contributed by atoms with van der Waals surface area (Å²) in [5.74, 6) is 1.11. The molecule has 1 heterocycles. The molecule has 0 aliphatic carbocycles. The standard InChI is InChI=1S/C20H18ClFN2O2S/c21-14-5-7-15(8-6-14)27-12-11-23-19(25)9-10-20-24-13-18(26-20)16-3-1-2-4-17(16)22/h1-8,13H,9-12H2,(H,23,25). The molecule has 0 aliphatic heterocycles. The summed E-state index contributed by atoms with van der Waals surface area (Å²) in [6.45, 7) is 0.568. The van der Waals surface area contributed by atoms with E-state index in [1.165, 1.54) is 12.3 Å². The highest BCUT2D eigenvalue weighted by atomic mass is 35.5. The number of halogens is 2. The smallest absolute Gasteiger partial charge is 0.220 e. The zero-order chi connectivity index (χ0) is 19.1. The minimum atomic E-state index is -0.365. The lowest BCUT2D eigenvalue weighted by Crippen LogP contribution is -2.25. The lowest BCUT2D eigenvalue weighted by Gasteiger charge is -2.04. The van der Waals surface area contributed by atoms with Crippen LogP contribution in [0.15, 0.2) is 64.0 Å². The van der Waals surface area contributed by atoms with E-state index in [2.05, 4.69) is 10.3 Å². The van der Waals surface area contributed by atoms with Gasteiger partial charge in [0, 0.05) is 35.1 Å². The molecule has 0 fully saturated rings. The van der Waals surface area contributed by atoms with Gasteiger partial charge in [0.25, 0.3) is 0 Å². The van der Waals surface area contributed by atoms with Crippen molar-refractivity contribution in [3.05, 3.63) is 71.5 Å². The number of rotatable bonds is 8. The molecule has 2 aromatic carbocycles. The predicted molar refractivity (Wildman–Crippen MR) is 105 cm³/mol. The minimum Gasteiger partial charge on any atom is -0.441 e. The molecule has 1 aromatic heterocycles. The van der Waals surface area contributed by atoms with Crippen molar-refractivity contribution in [3.63, 3.8) is 0 Å². The van der Waals surface area contributed by atoms with Gasteiger partial charge in [0.2, 0.25) is 5.91 Å². The molecule has 1 N–H and O–H groups in total. The maximum absolute atomic E-state index is 13.8. The zero-order valence-electron chi connectivity index (χ0n) is 14.5. The normalized spacial score (nSPS) is 10.7.